The Bertz CT molecular complexity index is 757. The van der Waals surface area contributed by atoms with Gasteiger partial charge in [0.1, 0.15) is 12.2 Å². The monoisotopic (exact) mass is 383 g/mol. The number of guanidine groups is 1. The summed E-state index contributed by atoms with van der Waals surface area (Å²) in [6.45, 7) is 3.47. The van der Waals surface area contributed by atoms with E-state index in [-0.39, 0.29) is 13.2 Å². The number of alkyl halides is 3. The zero-order valence-corrected chi connectivity index (χ0v) is 15.6. The van der Waals surface area contributed by atoms with Crippen LogP contribution in [0.4, 0.5) is 13.2 Å². The Morgan fingerprint density at radius 3 is 2.74 bits per heavy atom. The van der Waals surface area contributed by atoms with Gasteiger partial charge in [-0.15, -0.1) is 0 Å². The Labute approximate surface area is 156 Å². The molecular weight excluding hydrogens is 359 g/mol. The molecule has 1 N–H and O–H groups in total. The lowest BCUT2D eigenvalue weighted by Gasteiger charge is -2.22. The normalized spacial score (nSPS) is 12.1. The highest BCUT2D eigenvalue weighted by molar-refractivity contribution is 5.79. The third kappa shape index (κ3) is 5.90. The second-order valence-corrected chi connectivity index (χ2v) is 5.90. The van der Waals surface area contributed by atoms with Gasteiger partial charge in [-0.25, -0.2) is 9.98 Å². The highest BCUT2D eigenvalue weighted by atomic mass is 19.4. The zero-order chi connectivity index (χ0) is 19.9. The first-order valence-electron chi connectivity index (χ1n) is 8.57. The summed E-state index contributed by atoms with van der Waals surface area (Å²) in [5.41, 5.74) is 0.226. The number of aryl methyl sites for hydroxylation is 1. The predicted molar refractivity (Wildman–Crippen MR) is 97.6 cm³/mol. The minimum Gasteiger partial charge on any atom is -0.475 e. The van der Waals surface area contributed by atoms with Gasteiger partial charge >= 0.3 is 6.18 Å². The lowest BCUT2D eigenvalue weighted by atomic mass is 10.2. The summed E-state index contributed by atoms with van der Waals surface area (Å²) in [5.74, 6) is 0.224. The molecule has 0 spiro atoms. The Morgan fingerprint density at radius 1 is 1.33 bits per heavy atom. The number of pyridine rings is 1. The fraction of sp³-hybridized carbons (Fsp3) is 0.444. The van der Waals surface area contributed by atoms with Crippen LogP contribution in [0, 0.1) is 0 Å². The van der Waals surface area contributed by atoms with Crippen LogP contribution in [0.2, 0.25) is 0 Å². The van der Waals surface area contributed by atoms with Gasteiger partial charge in [-0.1, -0.05) is 0 Å². The van der Waals surface area contributed by atoms with Gasteiger partial charge in [-0.2, -0.15) is 13.2 Å². The highest BCUT2D eigenvalue weighted by Gasteiger charge is 2.34. The molecule has 2 aromatic rings. The van der Waals surface area contributed by atoms with Crippen molar-refractivity contribution in [3.05, 3.63) is 47.9 Å². The molecular formula is C18H24F3N5O. The van der Waals surface area contributed by atoms with Gasteiger partial charge in [0.25, 0.3) is 0 Å². The molecule has 27 heavy (non-hydrogen) atoms. The van der Waals surface area contributed by atoms with Crippen molar-refractivity contribution in [1.82, 2.24) is 19.8 Å². The molecule has 0 saturated carbocycles. The Kier molecular flexibility index (Phi) is 7.09. The number of halogens is 3. The molecule has 2 heterocycles. The molecule has 0 bridgehead atoms. The Balaban J connectivity index is 1.97. The second kappa shape index (κ2) is 9.29. The van der Waals surface area contributed by atoms with Gasteiger partial charge in [0.05, 0.1) is 13.1 Å². The maximum Gasteiger partial charge on any atom is 0.421 e. The van der Waals surface area contributed by atoms with Gasteiger partial charge in [0, 0.05) is 38.7 Å². The number of aromatic nitrogens is 2. The molecule has 0 radical (unpaired) electrons. The van der Waals surface area contributed by atoms with Crippen LogP contribution in [-0.2, 0) is 19.8 Å². The third-order valence-corrected chi connectivity index (χ3v) is 3.82. The number of nitrogens with zero attached hydrogens (tertiary/aromatic N) is 4. The van der Waals surface area contributed by atoms with Gasteiger partial charge in [-0.05, 0) is 31.2 Å². The van der Waals surface area contributed by atoms with E-state index in [4.69, 9.17) is 4.74 Å². The number of hydrogen-bond acceptors (Lipinski definition) is 3. The summed E-state index contributed by atoms with van der Waals surface area (Å²) in [7, 11) is 3.86. The first-order chi connectivity index (χ1) is 12.8. The van der Waals surface area contributed by atoms with E-state index in [1.54, 1.807) is 0 Å². The van der Waals surface area contributed by atoms with Gasteiger partial charge in [0.15, 0.2) is 5.96 Å². The van der Waals surface area contributed by atoms with Crippen LogP contribution in [-0.4, -0.2) is 47.2 Å². The minimum atomic E-state index is -4.50. The topological polar surface area (TPSA) is 54.7 Å². The lowest BCUT2D eigenvalue weighted by Crippen LogP contribution is -2.39. The summed E-state index contributed by atoms with van der Waals surface area (Å²) in [6, 6.07) is 6.16. The maximum absolute atomic E-state index is 12.9. The summed E-state index contributed by atoms with van der Waals surface area (Å²) in [6.07, 6.45) is -1.27. The van der Waals surface area contributed by atoms with Crippen molar-refractivity contribution in [1.29, 1.82) is 0 Å². The van der Waals surface area contributed by atoms with Crippen molar-refractivity contribution in [3.63, 3.8) is 0 Å². The van der Waals surface area contributed by atoms with Crippen molar-refractivity contribution in [3.8, 4) is 5.88 Å². The molecule has 0 saturated heterocycles. The zero-order valence-electron chi connectivity index (χ0n) is 15.6. The van der Waals surface area contributed by atoms with Crippen molar-refractivity contribution < 1.29 is 17.9 Å². The minimum absolute atomic E-state index is 0.00696. The van der Waals surface area contributed by atoms with Crippen LogP contribution in [0.1, 0.15) is 18.2 Å². The quantitative estimate of drug-likeness (QED) is 0.454. The molecule has 2 rings (SSSR count). The van der Waals surface area contributed by atoms with E-state index < -0.39 is 17.6 Å². The molecule has 0 aliphatic carbocycles. The summed E-state index contributed by atoms with van der Waals surface area (Å²) in [5, 5.41) is 3.16. The van der Waals surface area contributed by atoms with E-state index in [1.165, 1.54) is 12.3 Å². The molecule has 0 aliphatic rings. The SMILES string of the molecule is CCNC(=NCCOc1ncccc1C(F)(F)F)N(C)Cc1cccn1C. The summed E-state index contributed by atoms with van der Waals surface area (Å²) in [4.78, 5) is 10.0. The molecule has 148 valence electrons. The molecule has 0 amide bonds. The summed E-state index contributed by atoms with van der Waals surface area (Å²) >= 11 is 0. The number of aliphatic imine (C=N–C) groups is 1. The van der Waals surface area contributed by atoms with E-state index in [1.807, 2.05) is 48.8 Å². The molecule has 0 atom stereocenters. The van der Waals surface area contributed by atoms with Crippen LogP contribution in [0.3, 0.4) is 0 Å². The van der Waals surface area contributed by atoms with Crippen LogP contribution >= 0.6 is 0 Å². The molecule has 0 unspecified atom stereocenters. The molecule has 6 nitrogen and oxygen atoms in total. The average Bonchev–Trinajstić information content (AvgIpc) is 3.02. The number of rotatable bonds is 7. The van der Waals surface area contributed by atoms with Crippen LogP contribution in [0.5, 0.6) is 5.88 Å². The third-order valence-electron chi connectivity index (χ3n) is 3.82. The molecule has 9 heteroatoms. The van der Waals surface area contributed by atoms with E-state index >= 15 is 0 Å². The number of ether oxygens (including phenoxy) is 1. The second-order valence-electron chi connectivity index (χ2n) is 5.90. The first kappa shape index (κ1) is 20.6. The standard InChI is InChI=1S/C18H24F3N5O/c1-4-22-17(26(3)13-14-7-6-11-25(14)2)24-10-12-27-16-15(18(19,20)21)8-5-9-23-16/h5-9,11H,4,10,12-13H2,1-3H3,(H,22,24). The van der Waals surface area contributed by atoms with Gasteiger partial charge in [0.2, 0.25) is 5.88 Å². The van der Waals surface area contributed by atoms with Crippen LogP contribution < -0.4 is 10.1 Å². The van der Waals surface area contributed by atoms with Crippen molar-refractivity contribution in [2.75, 3.05) is 26.7 Å². The Hall–Kier alpha value is -2.71. The highest BCUT2D eigenvalue weighted by Crippen LogP contribution is 2.34. The van der Waals surface area contributed by atoms with Crippen LogP contribution in [0.25, 0.3) is 0 Å². The van der Waals surface area contributed by atoms with E-state index in [9.17, 15) is 13.2 Å². The first-order valence-corrected chi connectivity index (χ1v) is 8.57. The molecule has 0 aromatic carbocycles. The van der Waals surface area contributed by atoms with E-state index in [0.29, 0.717) is 19.0 Å². The fourth-order valence-electron chi connectivity index (χ4n) is 2.46. The van der Waals surface area contributed by atoms with Crippen molar-refractivity contribution in [2.45, 2.75) is 19.6 Å². The molecule has 0 fully saturated rings. The van der Waals surface area contributed by atoms with Gasteiger partial charge < -0.3 is 19.5 Å². The number of nitrogens with one attached hydrogen (secondary N) is 1. The van der Waals surface area contributed by atoms with Gasteiger partial charge in [-0.3, -0.25) is 0 Å². The van der Waals surface area contributed by atoms with Crippen molar-refractivity contribution >= 4 is 5.96 Å². The Morgan fingerprint density at radius 2 is 2.11 bits per heavy atom. The summed E-state index contributed by atoms with van der Waals surface area (Å²) < 4.78 is 46.0. The lowest BCUT2D eigenvalue weighted by molar-refractivity contribution is -0.139. The fourth-order valence-corrected chi connectivity index (χ4v) is 2.46. The van der Waals surface area contributed by atoms with E-state index in [0.717, 1.165) is 11.8 Å². The average molecular weight is 383 g/mol. The smallest absolute Gasteiger partial charge is 0.421 e. The van der Waals surface area contributed by atoms with Crippen molar-refractivity contribution in [2.24, 2.45) is 12.0 Å². The largest absolute Gasteiger partial charge is 0.475 e. The van der Waals surface area contributed by atoms with E-state index in [2.05, 4.69) is 15.3 Å². The number of hydrogen-bond donors (Lipinski definition) is 1. The van der Waals surface area contributed by atoms with Crippen LogP contribution in [0.15, 0.2) is 41.7 Å². The maximum atomic E-state index is 12.9. The predicted octanol–water partition coefficient (Wildman–Crippen LogP) is 2.92. The molecule has 2 aromatic heterocycles. The molecule has 0 aliphatic heterocycles.